The van der Waals surface area contributed by atoms with Crippen molar-refractivity contribution in [2.24, 2.45) is 17.6 Å². The molecule has 0 bridgehead atoms. The molecule has 5 rings (SSSR count). The summed E-state index contributed by atoms with van der Waals surface area (Å²) in [6.45, 7) is 0.00887. The van der Waals surface area contributed by atoms with Crippen LogP contribution in [0.4, 0.5) is 0 Å². The summed E-state index contributed by atoms with van der Waals surface area (Å²) in [5, 5.41) is 46.1. The number of fused-ring (bicyclic) bond motifs is 3. The summed E-state index contributed by atoms with van der Waals surface area (Å²) in [5.74, 6) is -7.42. The molecule has 12 heteroatoms. The Morgan fingerprint density at radius 3 is 2.61 bits per heavy atom. The number of aliphatic hydroxyl groups excluding tert-OH is 2. The fourth-order valence-electron chi connectivity index (χ4n) is 5.44. The number of oxazole rings is 1. The van der Waals surface area contributed by atoms with E-state index in [0.717, 1.165) is 6.39 Å². The van der Waals surface area contributed by atoms with Gasteiger partial charge in [-0.2, -0.15) is 0 Å². The van der Waals surface area contributed by atoms with Gasteiger partial charge in [0, 0.05) is 24.5 Å². The van der Waals surface area contributed by atoms with Crippen molar-refractivity contribution in [3.05, 3.63) is 64.1 Å². The summed E-state index contributed by atoms with van der Waals surface area (Å²) in [7, 11) is 0. The molecule has 3 aliphatic carbocycles. The number of hydrogen-bond donors (Lipinski definition) is 6. The van der Waals surface area contributed by atoms with Gasteiger partial charge in [0.25, 0.3) is 11.8 Å². The van der Waals surface area contributed by atoms with Gasteiger partial charge < -0.3 is 35.9 Å². The number of aromatic nitrogens is 1. The molecule has 36 heavy (non-hydrogen) atoms. The van der Waals surface area contributed by atoms with Crippen molar-refractivity contribution < 1.29 is 44.0 Å². The van der Waals surface area contributed by atoms with Crippen molar-refractivity contribution in [2.45, 2.75) is 31.4 Å². The maximum atomic E-state index is 13.5. The van der Waals surface area contributed by atoms with E-state index in [1.54, 1.807) is 6.07 Å². The number of amides is 2. The molecular formula is C24H21N3O9. The summed E-state index contributed by atoms with van der Waals surface area (Å²) in [4.78, 5) is 53.7. The van der Waals surface area contributed by atoms with Crippen LogP contribution < -0.4 is 11.1 Å². The normalized spacial score (nSPS) is 25.2. The second-order valence-electron chi connectivity index (χ2n) is 9.06. The van der Waals surface area contributed by atoms with E-state index in [-0.39, 0.29) is 42.0 Å². The fraction of sp³-hybridized carbons (Fsp3) is 0.292. The average Bonchev–Trinajstić information content (AvgIpc) is 3.35. The molecule has 0 saturated heterocycles. The first-order chi connectivity index (χ1) is 17.1. The third kappa shape index (κ3) is 3.22. The molecule has 1 saturated carbocycles. The second-order valence-corrected chi connectivity index (χ2v) is 9.06. The highest BCUT2D eigenvalue weighted by Gasteiger charge is 2.60. The lowest BCUT2D eigenvalue weighted by Crippen LogP contribution is -2.58. The Morgan fingerprint density at radius 1 is 1.19 bits per heavy atom. The first kappa shape index (κ1) is 23.3. The van der Waals surface area contributed by atoms with Gasteiger partial charge in [-0.25, -0.2) is 4.98 Å². The number of benzene rings is 1. The minimum Gasteiger partial charge on any atom is -0.508 e. The van der Waals surface area contributed by atoms with Gasteiger partial charge in [0.05, 0.1) is 5.56 Å². The Hall–Kier alpha value is -4.45. The van der Waals surface area contributed by atoms with E-state index < -0.39 is 64.3 Å². The SMILES string of the molecule is NC(=O)C1=C(O)[C@@]2(O)C(=O)C3=C(O)c4c(O)ccc(CNC(=O)c5cocn5)c4C[C@H]3C[C@H]2CC1=O. The molecule has 0 radical (unpaired) electrons. The van der Waals surface area contributed by atoms with E-state index in [9.17, 15) is 39.6 Å². The van der Waals surface area contributed by atoms with E-state index in [1.807, 2.05) is 0 Å². The highest BCUT2D eigenvalue weighted by molar-refractivity contribution is 6.22. The lowest BCUT2D eigenvalue weighted by atomic mass is 9.59. The largest absolute Gasteiger partial charge is 0.508 e. The van der Waals surface area contributed by atoms with E-state index in [1.165, 1.54) is 12.3 Å². The first-order valence-electron chi connectivity index (χ1n) is 11.0. The Kier molecular flexibility index (Phi) is 5.21. The van der Waals surface area contributed by atoms with Crippen LogP contribution in [-0.4, -0.2) is 54.4 Å². The smallest absolute Gasteiger partial charge is 0.273 e. The quantitative estimate of drug-likeness (QED) is 0.320. The number of carbonyl (C=O) groups is 4. The molecule has 12 nitrogen and oxygen atoms in total. The molecule has 3 aliphatic rings. The van der Waals surface area contributed by atoms with Crippen LogP contribution in [0.2, 0.25) is 0 Å². The molecule has 2 aromatic rings. The van der Waals surface area contributed by atoms with Crippen LogP contribution in [0.15, 0.2) is 46.1 Å². The molecule has 1 aromatic carbocycles. The van der Waals surface area contributed by atoms with Crippen molar-refractivity contribution in [3.8, 4) is 5.75 Å². The Balaban J connectivity index is 1.56. The van der Waals surface area contributed by atoms with Crippen LogP contribution in [0.25, 0.3) is 5.76 Å². The Bertz CT molecular complexity index is 1410. The molecule has 3 atom stereocenters. The molecule has 1 aromatic heterocycles. The van der Waals surface area contributed by atoms with Gasteiger partial charge in [-0.15, -0.1) is 0 Å². The van der Waals surface area contributed by atoms with Crippen LogP contribution in [0, 0.1) is 11.8 Å². The summed E-state index contributed by atoms with van der Waals surface area (Å²) in [5.41, 5.74) is 2.53. The summed E-state index contributed by atoms with van der Waals surface area (Å²) in [6.07, 6.45) is 2.04. The number of Topliss-reactive ketones (excluding diaryl/α,β-unsaturated/α-hetero) is 2. The van der Waals surface area contributed by atoms with Gasteiger partial charge in [-0.1, -0.05) is 6.07 Å². The van der Waals surface area contributed by atoms with Gasteiger partial charge >= 0.3 is 0 Å². The van der Waals surface area contributed by atoms with Gasteiger partial charge in [0.1, 0.15) is 29.1 Å². The molecule has 186 valence electrons. The predicted octanol–water partition coefficient (Wildman–Crippen LogP) is 0.342. The summed E-state index contributed by atoms with van der Waals surface area (Å²) in [6, 6.07) is 2.86. The third-order valence-corrected chi connectivity index (χ3v) is 7.15. The second kappa shape index (κ2) is 8.05. The summed E-state index contributed by atoms with van der Waals surface area (Å²) >= 11 is 0. The number of nitrogens with zero attached hydrogens (tertiary/aromatic N) is 1. The predicted molar refractivity (Wildman–Crippen MR) is 119 cm³/mol. The molecule has 7 N–H and O–H groups in total. The zero-order chi connectivity index (χ0) is 25.9. The average molecular weight is 495 g/mol. The number of aliphatic hydroxyl groups is 3. The number of phenolic OH excluding ortho intramolecular Hbond substituents is 1. The van der Waals surface area contributed by atoms with Gasteiger partial charge in [-0.05, 0) is 36.0 Å². The van der Waals surface area contributed by atoms with Crippen LogP contribution >= 0.6 is 0 Å². The van der Waals surface area contributed by atoms with Crippen molar-refractivity contribution in [1.82, 2.24) is 10.3 Å². The molecular weight excluding hydrogens is 474 g/mol. The zero-order valence-electron chi connectivity index (χ0n) is 18.6. The molecule has 0 aliphatic heterocycles. The van der Waals surface area contributed by atoms with Crippen molar-refractivity contribution in [2.75, 3.05) is 0 Å². The van der Waals surface area contributed by atoms with Gasteiger partial charge in [-0.3, -0.25) is 19.2 Å². The van der Waals surface area contributed by atoms with Gasteiger partial charge in [0.15, 0.2) is 23.5 Å². The number of nitrogens with one attached hydrogen (secondary N) is 1. The number of nitrogens with two attached hydrogens (primary N) is 1. The molecule has 1 heterocycles. The van der Waals surface area contributed by atoms with Crippen LogP contribution in [-0.2, 0) is 27.3 Å². The lowest BCUT2D eigenvalue weighted by molar-refractivity contribution is -0.147. The Morgan fingerprint density at radius 2 is 1.94 bits per heavy atom. The van der Waals surface area contributed by atoms with Crippen molar-refractivity contribution in [1.29, 1.82) is 0 Å². The Labute approximate surface area is 202 Å². The number of phenols is 1. The highest BCUT2D eigenvalue weighted by atomic mass is 16.3. The van der Waals surface area contributed by atoms with E-state index in [2.05, 4.69) is 10.3 Å². The van der Waals surface area contributed by atoms with E-state index >= 15 is 0 Å². The van der Waals surface area contributed by atoms with E-state index in [0.29, 0.717) is 11.1 Å². The standard InChI is InChI=1S/C24H21N3O9/c25-22(33)18-15(29)5-11-3-10-4-12-9(6-26-23(34)13-7-36-8-27-13)1-2-14(28)17(12)19(30)16(10)20(31)24(11,35)21(18)32/h1-2,7-8,10-11,28,30,32,35H,3-6H2,(H2,25,33)(H,26,34)/t10-,11+,24+/m1/s1. The highest BCUT2D eigenvalue weighted by Crippen LogP contribution is 2.52. The number of ketones is 2. The topological polar surface area (TPSA) is 213 Å². The van der Waals surface area contributed by atoms with Crippen LogP contribution in [0.5, 0.6) is 5.75 Å². The minimum atomic E-state index is -2.62. The van der Waals surface area contributed by atoms with Gasteiger partial charge in [0.2, 0.25) is 5.78 Å². The number of primary amides is 1. The monoisotopic (exact) mass is 495 g/mol. The van der Waals surface area contributed by atoms with Crippen molar-refractivity contribution >= 4 is 29.1 Å². The maximum Gasteiger partial charge on any atom is 0.273 e. The number of hydrogen-bond acceptors (Lipinski definition) is 10. The van der Waals surface area contributed by atoms with Crippen LogP contribution in [0.3, 0.4) is 0 Å². The molecule has 1 fully saturated rings. The molecule has 0 unspecified atom stereocenters. The fourth-order valence-corrected chi connectivity index (χ4v) is 5.44. The van der Waals surface area contributed by atoms with Crippen LogP contribution in [0.1, 0.15) is 40.0 Å². The first-order valence-corrected chi connectivity index (χ1v) is 11.0. The molecule has 0 spiro atoms. The summed E-state index contributed by atoms with van der Waals surface area (Å²) < 4.78 is 4.80. The van der Waals surface area contributed by atoms with E-state index in [4.69, 9.17) is 10.2 Å². The molecule has 2 amide bonds. The maximum absolute atomic E-state index is 13.5. The zero-order valence-corrected chi connectivity index (χ0v) is 18.6. The van der Waals surface area contributed by atoms with Crippen molar-refractivity contribution in [3.63, 3.8) is 0 Å². The number of aromatic hydroxyl groups is 1. The number of rotatable bonds is 4. The lowest BCUT2D eigenvalue weighted by Gasteiger charge is -2.46. The number of carbonyl (C=O) groups excluding carboxylic acids is 4. The third-order valence-electron chi connectivity index (χ3n) is 7.15. The minimum absolute atomic E-state index is 0.00887.